The fourth-order valence-corrected chi connectivity index (χ4v) is 3.26. The minimum atomic E-state index is -0.0143. The molecule has 1 heterocycles. The molecule has 0 radical (unpaired) electrons. The van der Waals surface area contributed by atoms with Crippen LogP contribution in [-0.4, -0.2) is 0 Å². The van der Waals surface area contributed by atoms with Crippen molar-refractivity contribution in [1.82, 2.24) is 0 Å². The van der Waals surface area contributed by atoms with Crippen molar-refractivity contribution >= 4 is 21.4 Å². The summed E-state index contributed by atoms with van der Waals surface area (Å²) in [5.41, 5.74) is 7.69. The van der Waals surface area contributed by atoms with E-state index in [2.05, 4.69) is 29.6 Å². The third-order valence-corrected chi connectivity index (χ3v) is 4.23. The van der Waals surface area contributed by atoms with Crippen molar-refractivity contribution in [3.63, 3.8) is 0 Å². The molecule has 1 fully saturated rings. The second kappa shape index (κ2) is 2.81. The molecule has 3 rings (SSSR count). The van der Waals surface area contributed by atoms with Crippen LogP contribution in [0.25, 0.3) is 10.1 Å². The highest BCUT2D eigenvalue weighted by atomic mass is 32.1. The molecule has 0 bridgehead atoms. The maximum absolute atomic E-state index is 6.34. The highest BCUT2D eigenvalue weighted by molar-refractivity contribution is 7.17. The van der Waals surface area contributed by atoms with Gasteiger partial charge in [-0.25, -0.2) is 0 Å². The molecular weight excluding hydrogens is 190 g/mol. The smallest absolute Gasteiger partial charge is 0.0424 e. The van der Waals surface area contributed by atoms with E-state index in [4.69, 9.17) is 5.73 Å². The maximum atomic E-state index is 6.34. The Hall–Kier alpha value is -0.860. The molecule has 1 aliphatic rings. The van der Waals surface area contributed by atoms with E-state index in [1.807, 2.05) is 11.3 Å². The summed E-state index contributed by atoms with van der Waals surface area (Å²) in [6.45, 7) is 0. The van der Waals surface area contributed by atoms with Crippen LogP contribution in [0.1, 0.15) is 24.8 Å². The van der Waals surface area contributed by atoms with Gasteiger partial charge >= 0.3 is 0 Å². The molecule has 2 aromatic rings. The van der Waals surface area contributed by atoms with Gasteiger partial charge in [-0.15, -0.1) is 11.3 Å². The first-order valence-corrected chi connectivity index (χ1v) is 5.93. The summed E-state index contributed by atoms with van der Waals surface area (Å²) >= 11 is 1.81. The second-order valence-corrected chi connectivity index (χ2v) is 5.07. The van der Waals surface area contributed by atoms with Gasteiger partial charge in [0.15, 0.2) is 0 Å². The van der Waals surface area contributed by atoms with Crippen LogP contribution >= 0.6 is 11.3 Å². The number of nitrogens with two attached hydrogens (primary N) is 1. The Morgan fingerprint density at radius 1 is 1.21 bits per heavy atom. The Morgan fingerprint density at radius 3 is 2.71 bits per heavy atom. The number of hydrogen-bond acceptors (Lipinski definition) is 2. The number of thiophene rings is 1. The summed E-state index contributed by atoms with van der Waals surface area (Å²) in [7, 11) is 0. The van der Waals surface area contributed by atoms with Gasteiger partial charge in [0.05, 0.1) is 0 Å². The predicted molar refractivity (Wildman–Crippen MR) is 61.5 cm³/mol. The molecule has 2 heteroatoms. The van der Waals surface area contributed by atoms with Crippen LogP contribution in [-0.2, 0) is 5.54 Å². The first-order chi connectivity index (χ1) is 6.80. The van der Waals surface area contributed by atoms with E-state index in [0.717, 1.165) is 12.8 Å². The Labute approximate surface area is 87.5 Å². The molecule has 0 atom stereocenters. The third-order valence-electron chi connectivity index (χ3n) is 3.26. The van der Waals surface area contributed by atoms with Gasteiger partial charge in [0.2, 0.25) is 0 Å². The number of benzene rings is 1. The molecule has 14 heavy (non-hydrogen) atoms. The molecule has 1 saturated carbocycles. The van der Waals surface area contributed by atoms with E-state index < -0.39 is 0 Å². The van der Waals surface area contributed by atoms with Crippen LogP contribution in [0.15, 0.2) is 29.6 Å². The normalized spacial score (nSPS) is 19.5. The van der Waals surface area contributed by atoms with Gasteiger partial charge < -0.3 is 5.73 Å². The maximum Gasteiger partial charge on any atom is 0.0424 e. The second-order valence-electron chi connectivity index (χ2n) is 4.16. The first-order valence-electron chi connectivity index (χ1n) is 5.05. The largest absolute Gasteiger partial charge is 0.321 e. The van der Waals surface area contributed by atoms with Crippen molar-refractivity contribution in [2.75, 3.05) is 0 Å². The zero-order chi connectivity index (χ0) is 9.60. The molecule has 0 spiro atoms. The van der Waals surface area contributed by atoms with Crippen molar-refractivity contribution in [1.29, 1.82) is 0 Å². The van der Waals surface area contributed by atoms with Crippen LogP contribution < -0.4 is 5.73 Å². The molecule has 0 saturated heterocycles. The van der Waals surface area contributed by atoms with E-state index in [-0.39, 0.29) is 5.54 Å². The van der Waals surface area contributed by atoms with Gasteiger partial charge in [0, 0.05) is 10.2 Å². The molecule has 72 valence electrons. The van der Waals surface area contributed by atoms with E-state index in [1.54, 1.807) is 0 Å². The lowest BCUT2D eigenvalue weighted by atomic mass is 9.73. The van der Waals surface area contributed by atoms with Gasteiger partial charge in [-0.1, -0.05) is 18.2 Å². The average Bonchev–Trinajstić information content (AvgIpc) is 2.58. The molecule has 0 aliphatic heterocycles. The van der Waals surface area contributed by atoms with Crippen LogP contribution in [0.2, 0.25) is 0 Å². The summed E-state index contributed by atoms with van der Waals surface area (Å²) in [6, 6.07) is 8.55. The van der Waals surface area contributed by atoms with E-state index >= 15 is 0 Å². The summed E-state index contributed by atoms with van der Waals surface area (Å²) in [6.07, 6.45) is 3.57. The lowest BCUT2D eigenvalue weighted by Crippen LogP contribution is -2.43. The zero-order valence-corrected chi connectivity index (χ0v) is 8.81. The summed E-state index contributed by atoms with van der Waals surface area (Å²) in [4.78, 5) is 0. The quantitative estimate of drug-likeness (QED) is 0.756. The Bertz CT molecular complexity index is 468. The standard InChI is InChI=1S/C12H13NS/c13-12(6-3-7-12)10-8-14-11-5-2-1-4-9(10)11/h1-2,4-5,8H,3,6-7,13H2. The topological polar surface area (TPSA) is 26.0 Å². The molecule has 1 aromatic heterocycles. The average molecular weight is 203 g/mol. The lowest BCUT2D eigenvalue weighted by molar-refractivity contribution is 0.256. The number of rotatable bonds is 1. The molecule has 0 unspecified atom stereocenters. The molecule has 1 aliphatic carbocycles. The highest BCUT2D eigenvalue weighted by Crippen LogP contribution is 2.43. The van der Waals surface area contributed by atoms with E-state index in [0.29, 0.717) is 0 Å². The van der Waals surface area contributed by atoms with Crippen LogP contribution in [0.3, 0.4) is 0 Å². The van der Waals surface area contributed by atoms with Gasteiger partial charge in [0.1, 0.15) is 0 Å². The predicted octanol–water partition coefficient (Wildman–Crippen LogP) is 3.24. The van der Waals surface area contributed by atoms with Crippen molar-refractivity contribution in [3.8, 4) is 0 Å². The molecule has 1 aromatic carbocycles. The summed E-state index contributed by atoms with van der Waals surface area (Å²) in [5.74, 6) is 0. The van der Waals surface area contributed by atoms with Crippen LogP contribution in [0.4, 0.5) is 0 Å². The summed E-state index contributed by atoms with van der Waals surface area (Å²) < 4.78 is 1.36. The Morgan fingerprint density at radius 2 is 2.00 bits per heavy atom. The van der Waals surface area contributed by atoms with Crippen LogP contribution in [0, 0.1) is 0 Å². The fraction of sp³-hybridized carbons (Fsp3) is 0.333. The van der Waals surface area contributed by atoms with Gasteiger partial charge in [-0.3, -0.25) is 0 Å². The van der Waals surface area contributed by atoms with Gasteiger partial charge in [0.25, 0.3) is 0 Å². The van der Waals surface area contributed by atoms with Crippen molar-refractivity contribution in [2.45, 2.75) is 24.8 Å². The third kappa shape index (κ3) is 1.04. The van der Waals surface area contributed by atoms with Crippen molar-refractivity contribution in [3.05, 3.63) is 35.2 Å². The first kappa shape index (κ1) is 8.45. The van der Waals surface area contributed by atoms with Crippen molar-refractivity contribution < 1.29 is 0 Å². The molecule has 0 amide bonds. The van der Waals surface area contributed by atoms with Crippen molar-refractivity contribution in [2.24, 2.45) is 5.73 Å². The van der Waals surface area contributed by atoms with Gasteiger partial charge in [-0.05, 0) is 41.7 Å². The Balaban J connectivity index is 2.22. The number of fused-ring (bicyclic) bond motifs is 1. The number of hydrogen-bond donors (Lipinski definition) is 1. The SMILES string of the molecule is NC1(c2csc3ccccc23)CCC1. The van der Waals surface area contributed by atoms with E-state index in [9.17, 15) is 0 Å². The minimum absolute atomic E-state index is 0.0143. The minimum Gasteiger partial charge on any atom is -0.321 e. The van der Waals surface area contributed by atoms with Crippen LogP contribution in [0.5, 0.6) is 0 Å². The lowest BCUT2D eigenvalue weighted by Gasteiger charge is -2.38. The molecule has 2 N–H and O–H groups in total. The monoisotopic (exact) mass is 203 g/mol. The molecule has 1 nitrogen and oxygen atoms in total. The zero-order valence-electron chi connectivity index (χ0n) is 7.99. The summed E-state index contributed by atoms with van der Waals surface area (Å²) in [5, 5.41) is 3.60. The van der Waals surface area contributed by atoms with E-state index in [1.165, 1.54) is 22.1 Å². The highest BCUT2D eigenvalue weighted by Gasteiger charge is 2.35. The Kier molecular flexibility index (Phi) is 1.70. The fourth-order valence-electron chi connectivity index (χ4n) is 2.19. The van der Waals surface area contributed by atoms with Gasteiger partial charge in [-0.2, -0.15) is 0 Å². The molecular formula is C12H13NS.